The van der Waals surface area contributed by atoms with Gasteiger partial charge in [0.25, 0.3) is 5.91 Å². The number of benzene rings is 1. The predicted octanol–water partition coefficient (Wildman–Crippen LogP) is 0.0816. The Labute approximate surface area is 171 Å². The van der Waals surface area contributed by atoms with Crippen LogP contribution in [0.25, 0.3) is 0 Å². The summed E-state index contributed by atoms with van der Waals surface area (Å²) in [5, 5.41) is 3.83. The van der Waals surface area contributed by atoms with Gasteiger partial charge < -0.3 is 15.1 Å². The van der Waals surface area contributed by atoms with Crippen LogP contribution in [0.2, 0.25) is 5.02 Å². The number of piperazine rings is 1. The van der Waals surface area contributed by atoms with Crippen molar-refractivity contribution in [2.24, 2.45) is 5.92 Å². The largest absolute Gasteiger partial charge is 0.329 e. The normalized spacial score (nSPS) is 33.4. The van der Waals surface area contributed by atoms with Crippen molar-refractivity contribution >= 4 is 23.5 Å². The number of hydrogen-bond donors (Lipinski definition) is 3. The Morgan fingerprint density at radius 1 is 1.11 bits per heavy atom. The maximum atomic E-state index is 13.1. The summed E-state index contributed by atoms with van der Waals surface area (Å²) < 4.78 is 0. The van der Waals surface area contributed by atoms with Gasteiger partial charge in [0.1, 0.15) is 38.3 Å². The van der Waals surface area contributed by atoms with Crippen molar-refractivity contribution in [2.75, 3.05) is 32.8 Å². The van der Waals surface area contributed by atoms with E-state index in [1.807, 2.05) is 12.1 Å². The molecule has 152 valence electrons. The van der Waals surface area contributed by atoms with Gasteiger partial charge in [-0.05, 0) is 30.9 Å². The van der Waals surface area contributed by atoms with Crippen molar-refractivity contribution in [3.63, 3.8) is 0 Å². The Morgan fingerprint density at radius 3 is 2.46 bits per heavy atom. The Hall–Kier alpha value is -1.63. The number of nitrogens with one attached hydrogen (secondary N) is 3. The molecule has 2 heterocycles. The predicted molar refractivity (Wildman–Crippen MR) is 107 cm³/mol. The van der Waals surface area contributed by atoms with E-state index in [0.29, 0.717) is 6.67 Å². The minimum Gasteiger partial charge on any atom is -0.323 e. The minimum absolute atomic E-state index is 0.00754. The smallest absolute Gasteiger partial charge is 0.323 e. The number of rotatable bonds is 4. The third-order valence-electron chi connectivity index (χ3n) is 6.91. The number of imide groups is 1. The minimum atomic E-state index is -0.642. The molecular formula is C21H31ClN4O2+2. The fraction of sp³-hybridized carbons (Fsp3) is 0.619. The lowest BCUT2D eigenvalue weighted by Crippen LogP contribution is -3.28. The van der Waals surface area contributed by atoms with Crippen molar-refractivity contribution in [3.8, 4) is 0 Å². The number of urea groups is 1. The van der Waals surface area contributed by atoms with Crippen LogP contribution in [0.1, 0.15) is 38.2 Å². The highest BCUT2D eigenvalue weighted by Gasteiger charge is 2.55. The molecule has 3 N–H and O–H groups in total. The molecule has 7 heteroatoms. The van der Waals surface area contributed by atoms with Crippen molar-refractivity contribution in [3.05, 3.63) is 34.9 Å². The maximum absolute atomic E-state index is 13.1. The molecule has 0 aromatic heterocycles. The lowest BCUT2D eigenvalue weighted by atomic mass is 9.73. The van der Waals surface area contributed by atoms with Crippen LogP contribution in [-0.2, 0) is 11.3 Å². The van der Waals surface area contributed by atoms with E-state index in [2.05, 4.69) is 24.4 Å². The second-order valence-electron chi connectivity index (χ2n) is 8.74. The average Bonchev–Trinajstić information content (AvgIpc) is 2.92. The van der Waals surface area contributed by atoms with Gasteiger partial charge in [-0.2, -0.15) is 0 Å². The molecule has 1 aromatic rings. The Balaban J connectivity index is 1.31. The first-order chi connectivity index (χ1) is 13.5. The summed E-state index contributed by atoms with van der Waals surface area (Å²) >= 11 is 5.97. The van der Waals surface area contributed by atoms with E-state index in [4.69, 9.17) is 11.6 Å². The third kappa shape index (κ3) is 3.78. The van der Waals surface area contributed by atoms with Gasteiger partial charge in [0, 0.05) is 10.6 Å². The van der Waals surface area contributed by atoms with Crippen LogP contribution < -0.4 is 15.1 Å². The summed E-state index contributed by atoms with van der Waals surface area (Å²) in [5.74, 6) is 0.228. The van der Waals surface area contributed by atoms with Gasteiger partial charge in [-0.1, -0.05) is 43.5 Å². The van der Waals surface area contributed by atoms with E-state index >= 15 is 0 Å². The number of hydrogen-bond acceptors (Lipinski definition) is 2. The molecule has 0 radical (unpaired) electrons. The van der Waals surface area contributed by atoms with Crippen LogP contribution in [-0.4, -0.2) is 55.2 Å². The molecule has 0 unspecified atom stereocenters. The highest BCUT2D eigenvalue weighted by Crippen LogP contribution is 2.37. The van der Waals surface area contributed by atoms with E-state index in [0.717, 1.165) is 63.4 Å². The van der Waals surface area contributed by atoms with Crippen molar-refractivity contribution in [1.82, 2.24) is 10.2 Å². The van der Waals surface area contributed by atoms with Gasteiger partial charge in [0.15, 0.2) is 6.67 Å². The molecule has 6 nitrogen and oxygen atoms in total. The number of carbonyl (C=O) groups is 2. The molecule has 4 rings (SSSR count). The van der Waals surface area contributed by atoms with Gasteiger partial charge in [0.2, 0.25) is 0 Å². The summed E-state index contributed by atoms with van der Waals surface area (Å²) in [6.07, 6.45) is 3.96. The first-order valence-electron chi connectivity index (χ1n) is 10.5. The average molecular weight is 407 g/mol. The third-order valence-corrected chi connectivity index (χ3v) is 7.17. The van der Waals surface area contributed by atoms with E-state index in [9.17, 15) is 9.59 Å². The van der Waals surface area contributed by atoms with Gasteiger partial charge in [-0.3, -0.25) is 4.79 Å². The summed E-state index contributed by atoms with van der Waals surface area (Å²) in [6.45, 7) is 7.63. The number of carbonyl (C=O) groups excluding carboxylic acids is 2. The van der Waals surface area contributed by atoms with Gasteiger partial charge in [0.05, 0.1) is 0 Å². The van der Waals surface area contributed by atoms with Gasteiger partial charge >= 0.3 is 6.03 Å². The molecule has 1 aliphatic carbocycles. The lowest BCUT2D eigenvalue weighted by Gasteiger charge is -2.37. The molecule has 28 heavy (non-hydrogen) atoms. The summed E-state index contributed by atoms with van der Waals surface area (Å²) in [7, 11) is 0. The van der Waals surface area contributed by atoms with Crippen LogP contribution in [0.15, 0.2) is 24.3 Å². The van der Waals surface area contributed by atoms with Crippen LogP contribution in [0.4, 0.5) is 4.79 Å². The molecule has 3 amide bonds. The number of halogens is 1. The van der Waals surface area contributed by atoms with Crippen LogP contribution in [0.3, 0.4) is 0 Å². The monoisotopic (exact) mass is 406 g/mol. The Kier molecular flexibility index (Phi) is 5.63. The van der Waals surface area contributed by atoms with Crippen LogP contribution >= 0.6 is 11.6 Å². The standard InChI is InChI=1S/C21H29ClN4O2/c1-16-4-2-3-9-21(16)19(27)26(20(28)23-21)15-25-12-10-24(11-13-25)14-17-5-7-18(22)8-6-17/h5-8,16H,2-4,9-15H2,1H3,(H,23,28)/p+2/t16-,21+/m1/s1. The topological polar surface area (TPSA) is 58.3 Å². The molecule has 0 bridgehead atoms. The molecule has 2 aliphatic heterocycles. The molecule has 1 aromatic carbocycles. The lowest BCUT2D eigenvalue weighted by molar-refractivity contribution is -1.02. The zero-order valence-electron chi connectivity index (χ0n) is 16.6. The zero-order valence-corrected chi connectivity index (χ0v) is 17.4. The summed E-state index contributed by atoms with van der Waals surface area (Å²) in [4.78, 5) is 30.1. The molecule has 1 saturated carbocycles. The fourth-order valence-corrected chi connectivity index (χ4v) is 5.17. The number of nitrogens with zero attached hydrogens (tertiary/aromatic N) is 1. The highest BCUT2D eigenvalue weighted by atomic mass is 35.5. The van der Waals surface area contributed by atoms with Crippen LogP contribution in [0, 0.1) is 5.92 Å². The number of amides is 3. The van der Waals surface area contributed by atoms with Crippen molar-refractivity contribution in [1.29, 1.82) is 0 Å². The van der Waals surface area contributed by atoms with Crippen LogP contribution in [0.5, 0.6) is 0 Å². The summed E-state index contributed by atoms with van der Waals surface area (Å²) in [6, 6.07) is 7.87. The van der Waals surface area contributed by atoms with Gasteiger partial charge in [-0.25, -0.2) is 9.69 Å². The number of quaternary nitrogens is 2. The van der Waals surface area contributed by atoms with E-state index in [1.165, 1.54) is 15.4 Å². The second-order valence-corrected chi connectivity index (χ2v) is 9.18. The second kappa shape index (κ2) is 8.01. The SMILES string of the molecule is C[C@@H]1CCCC[C@]12NC(=O)N(C[NH+]1CC[NH+](Cc3ccc(Cl)cc3)CC1)C2=O. The Morgan fingerprint density at radius 2 is 1.79 bits per heavy atom. The van der Waals surface area contributed by atoms with Crippen molar-refractivity contribution in [2.45, 2.75) is 44.7 Å². The Bertz CT molecular complexity index is 732. The van der Waals surface area contributed by atoms with Gasteiger partial charge in [-0.15, -0.1) is 0 Å². The first kappa shape index (κ1) is 19.7. The molecule has 3 fully saturated rings. The molecule has 3 aliphatic rings. The first-order valence-corrected chi connectivity index (χ1v) is 10.9. The summed E-state index contributed by atoms with van der Waals surface area (Å²) in [5.41, 5.74) is 0.654. The van der Waals surface area contributed by atoms with E-state index in [-0.39, 0.29) is 17.9 Å². The van der Waals surface area contributed by atoms with Crippen molar-refractivity contribution < 1.29 is 19.4 Å². The fourth-order valence-electron chi connectivity index (χ4n) is 5.05. The zero-order chi connectivity index (χ0) is 19.7. The highest BCUT2D eigenvalue weighted by molar-refractivity contribution is 6.30. The molecule has 2 saturated heterocycles. The molecule has 1 spiro atoms. The quantitative estimate of drug-likeness (QED) is 0.620. The molecular weight excluding hydrogens is 376 g/mol. The maximum Gasteiger partial charge on any atom is 0.329 e. The van der Waals surface area contributed by atoms with E-state index < -0.39 is 5.54 Å². The molecule has 2 atom stereocenters. The van der Waals surface area contributed by atoms with E-state index in [1.54, 1.807) is 4.90 Å².